The van der Waals surface area contributed by atoms with Crippen molar-refractivity contribution < 1.29 is 0 Å². The molecular formula is C25H19N. The molecule has 5 rings (SSSR count). The van der Waals surface area contributed by atoms with E-state index in [0.717, 1.165) is 0 Å². The van der Waals surface area contributed by atoms with Gasteiger partial charge in [-0.3, -0.25) is 0 Å². The number of benzene rings is 4. The average molecular weight is 333 g/mol. The fraction of sp³-hybridized carbons (Fsp3) is 0.0400. The molecule has 26 heavy (non-hydrogen) atoms. The normalized spacial score (nSPS) is 11.3. The molecule has 5 aromatic rings. The van der Waals surface area contributed by atoms with Crippen molar-refractivity contribution in [2.45, 2.75) is 0 Å². The molecule has 0 fully saturated rings. The van der Waals surface area contributed by atoms with Crippen molar-refractivity contribution in [3.63, 3.8) is 0 Å². The highest BCUT2D eigenvalue weighted by Crippen LogP contribution is 2.35. The van der Waals surface area contributed by atoms with Gasteiger partial charge in [-0.15, -0.1) is 0 Å². The number of aryl methyl sites for hydroxylation is 1. The van der Waals surface area contributed by atoms with Gasteiger partial charge in [0.25, 0.3) is 0 Å². The predicted octanol–water partition coefficient (Wildman–Crippen LogP) is 6.67. The quantitative estimate of drug-likeness (QED) is 0.340. The summed E-state index contributed by atoms with van der Waals surface area (Å²) in [7, 11) is 2.16. The van der Waals surface area contributed by atoms with Crippen LogP contribution in [-0.4, -0.2) is 4.57 Å². The highest BCUT2D eigenvalue weighted by molar-refractivity contribution is 6.12. The first kappa shape index (κ1) is 15.0. The van der Waals surface area contributed by atoms with Crippen LogP contribution in [0, 0.1) is 0 Å². The molecule has 4 aromatic carbocycles. The SMILES string of the molecule is Cn1c2ccccc2c2cccc(-c3ccc(-c4ccccc4)cc3)c21. The number of nitrogens with zero attached hydrogens (tertiary/aromatic N) is 1. The lowest BCUT2D eigenvalue weighted by molar-refractivity contribution is 1.02. The van der Waals surface area contributed by atoms with Gasteiger partial charge in [-0.1, -0.05) is 91.0 Å². The van der Waals surface area contributed by atoms with Gasteiger partial charge in [0.05, 0.1) is 5.52 Å². The Morgan fingerprint density at radius 2 is 1.12 bits per heavy atom. The summed E-state index contributed by atoms with van der Waals surface area (Å²) in [6.07, 6.45) is 0. The van der Waals surface area contributed by atoms with Gasteiger partial charge >= 0.3 is 0 Å². The van der Waals surface area contributed by atoms with Crippen molar-refractivity contribution in [3.05, 3.63) is 97.1 Å². The minimum Gasteiger partial charge on any atom is -0.343 e. The Balaban J connectivity index is 1.70. The highest BCUT2D eigenvalue weighted by Gasteiger charge is 2.12. The predicted molar refractivity (Wildman–Crippen MR) is 111 cm³/mol. The van der Waals surface area contributed by atoms with Crippen molar-refractivity contribution in [2.24, 2.45) is 7.05 Å². The largest absolute Gasteiger partial charge is 0.343 e. The second-order valence-corrected chi connectivity index (χ2v) is 6.72. The van der Waals surface area contributed by atoms with Crippen LogP contribution >= 0.6 is 0 Å². The maximum Gasteiger partial charge on any atom is 0.0568 e. The Morgan fingerprint density at radius 3 is 1.92 bits per heavy atom. The average Bonchev–Trinajstić information content (AvgIpc) is 3.02. The zero-order valence-corrected chi connectivity index (χ0v) is 14.7. The molecule has 0 aliphatic rings. The molecule has 124 valence electrons. The molecule has 0 aliphatic heterocycles. The number of fused-ring (bicyclic) bond motifs is 3. The smallest absolute Gasteiger partial charge is 0.0568 e. The van der Waals surface area contributed by atoms with E-state index in [1.165, 1.54) is 44.1 Å². The van der Waals surface area contributed by atoms with Gasteiger partial charge < -0.3 is 4.57 Å². The molecule has 0 atom stereocenters. The lowest BCUT2D eigenvalue weighted by atomic mass is 9.98. The van der Waals surface area contributed by atoms with Gasteiger partial charge in [0.1, 0.15) is 0 Å². The van der Waals surface area contributed by atoms with E-state index in [1.54, 1.807) is 0 Å². The van der Waals surface area contributed by atoms with Crippen LogP contribution < -0.4 is 0 Å². The third-order valence-corrected chi connectivity index (χ3v) is 5.23. The van der Waals surface area contributed by atoms with Crippen molar-refractivity contribution in [1.29, 1.82) is 0 Å². The summed E-state index contributed by atoms with van der Waals surface area (Å²) >= 11 is 0. The first-order valence-electron chi connectivity index (χ1n) is 8.95. The van der Waals surface area contributed by atoms with E-state index in [-0.39, 0.29) is 0 Å². The van der Waals surface area contributed by atoms with Gasteiger partial charge in [0.15, 0.2) is 0 Å². The molecule has 0 bridgehead atoms. The lowest BCUT2D eigenvalue weighted by Crippen LogP contribution is -1.90. The van der Waals surface area contributed by atoms with Crippen molar-refractivity contribution in [1.82, 2.24) is 4.57 Å². The van der Waals surface area contributed by atoms with Crippen LogP contribution in [0.15, 0.2) is 97.1 Å². The second kappa shape index (κ2) is 5.89. The molecule has 1 heterocycles. The maximum absolute atomic E-state index is 2.31. The molecule has 0 amide bonds. The summed E-state index contributed by atoms with van der Waals surface area (Å²) < 4.78 is 2.31. The Labute approximate surface area is 153 Å². The molecule has 0 N–H and O–H groups in total. The summed E-state index contributed by atoms with van der Waals surface area (Å²) in [5.41, 5.74) is 7.60. The minimum atomic E-state index is 1.25. The lowest BCUT2D eigenvalue weighted by Gasteiger charge is -2.08. The van der Waals surface area contributed by atoms with Crippen LogP contribution in [0.4, 0.5) is 0 Å². The topological polar surface area (TPSA) is 4.93 Å². The van der Waals surface area contributed by atoms with Gasteiger partial charge in [0.2, 0.25) is 0 Å². The Bertz CT molecular complexity index is 1210. The van der Waals surface area contributed by atoms with Crippen molar-refractivity contribution >= 4 is 21.8 Å². The van der Waals surface area contributed by atoms with Crippen LogP contribution in [0.5, 0.6) is 0 Å². The summed E-state index contributed by atoms with van der Waals surface area (Å²) in [5, 5.41) is 2.63. The summed E-state index contributed by atoms with van der Waals surface area (Å²) in [6.45, 7) is 0. The molecule has 0 saturated heterocycles. The number of rotatable bonds is 2. The Hall–Kier alpha value is -3.32. The molecule has 0 aliphatic carbocycles. The Kier molecular flexibility index (Phi) is 3.39. The van der Waals surface area contributed by atoms with Crippen molar-refractivity contribution in [2.75, 3.05) is 0 Å². The van der Waals surface area contributed by atoms with Gasteiger partial charge in [-0.05, 0) is 22.8 Å². The van der Waals surface area contributed by atoms with E-state index >= 15 is 0 Å². The maximum atomic E-state index is 2.31. The number of hydrogen-bond donors (Lipinski definition) is 0. The summed E-state index contributed by atoms with van der Waals surface area (Å²) in [5.74, 6) is 0. The monoisotopic (exact) mass is 333 g/mol. The molecule has 1 nitrogen and oxygen atoms in total. The van der Waals surface area contributed by atoms with E-state index in [4.69, 9.17) is 0 Å². The van der Waals surface area contributed by atoms with E-state index in [1.807, 2.05) is 0 Å². The summed E-state index contributed by atoms with van der Waals surface area (Å²) in [4.78, 5) is 0. The van der Waals surface area contributed by atoms with Crippen LogP contribution in [0.2, 0.25) is 0 Å². The van der Waals surface area contributed by atoms with E-state index < -0.39 is 0 Å². The number of aromatic nitrogens is 1. The fourth-order valence-electron chi connectivity index (χ4n) is 3.94. The van der Waals surface area contributed by atoms with E-state index in [9.17, 15) is 0 Å². The van der Waals surface area contributed by atoms with Crippen LogP contribution in [-0.2, 0) is 7.05 Å². The van der Waals surface area contributed by atoms with Gasteiger partial charge in [-0.2, -0.15) is 0 Å². The van der Waals surface area contributed by atoms with Gasteiger partial charge in [-0.25, -0.2) is 0 Å². The molecule has 1 heteroatoms. The Morgan fingerprint density at radius 1 is 0.500 bits per heavy atom. The zero-order valence-electron chi connectivity index (χ0n) is 14.7. The third kappa shape index (κ3) is 2.25. The first-order valence-corrected chi connectivity index (χ1v) is 8.95. The number of para-hydroxylation sites is 2. The first-order chi connectivity index (χ1) is 12.8. The zero-order chi connectivity index (χ0) is 17.5. The minimum absolute atomic E-state index is 1.25. The molecule has 1 aromatic heterocycles. The molecular weight excluding hydrogens is 314 g/mol. The standard InChI is InChI=1S/C25H19N/c1-26-24-13-6-5-10-22(24)23-12-7-11-21(25(23)26)20-16-14-19(15-17-20)18-8-3-2-4-9-18/h2-17H,1H3. The van der Waals surface area contributed by atoms with Gasteiger partial charge in [0, 0.05) is 28.9 Å². The van der Waals surface area contributed by atoms with E-state index in [0.29, 0.717) is 0 Å². The van der Waals surface area contributed by atoms with E-state index in [2.05, 4.69) is 109 Å². The fourth-order valence-corrected chi connectivity index (χ4v) is 3.94. The number of hydrogen-bond acceptors (Lipinski definition) is 0. The second-order valence-electron chi connectivity index (χ2n) is 6.72. The molecule has 0 radical (unpaired) electrons. The van der Waals surface area contributed by atoms with Crippen molar-refractivity contribution in [3.8, 4) is 22.3 Å². The molecule has 0 unspecified atom stereocenters. The van der Waals surface area contributed by atoms with Crippen LogP contribution in [0.1, 0.15) is 0 Å². The molecule has 0 saturated carbocycles. The third-order valence-electron chi connectivity index (χ3n) is 5.23. The van der Waals surface area contributed by atoms with Crippen LogP contribution in [0.3, 0.4) is 0 Å². The van der Waals surface area contributed by atoms with Crippen LogP contribution in [0.25, 0.3) is 44.1 Å². The summed E-state index contributed by atoms with van der Waals surface area (Å²) in [6, 6.07) is 34.6. The molecule has 0 spiro atoms. The highest BCUT2D eigenvalue weighted by atomic mass is 14.9.